The normalized spacial score (nSPS) is 75.7. The molecule has 2 aliphatic heterocycles. The van der Waals surface area contributed by atoms with Crippen molar-refractivity contribution in [2.75, 3.05) is 0 Å². The molecule has 2 heterocycles. The Bertz CT molecular complexity index is 265. The topological polar surface area (TPSA) is 9.23 Å². The molecular weight excluding hydrogens is 160 g/mol. The van der Waals surface area contributed by atoms with Crippen LogP contribution >= 0.6 is 0 Å². The molecule has 4 aliphatic carbocycles. The zero-order valence-corrected chi connectivity index (χ0v) is 7.96. The monoisotopic (exact) mass is 176 g/mol. The van der Waals surface area contributed by atoms with Crippen LogP contribution < -0.4 is 0 Å². The molecule has 2 saturated heterocycles. The van der Waals surface area contributed by atoms with E-state index in [1.54, 1.807) is 0 Å². The van der Waals surface area contributed by atoms with Gasteiger partial charge in [-0.25, -0.2) is 0 Å². The third kappa shape index (κ3) is 0.379. The van der Waals surface area contributed by atoms with Crippen molar-refractivity contribution in [1.82, 2.24) is 0 Å². The van der Waals surface area contributed by atoms with Gasteiger partial charge in [-0.1, -0.05) is 25.7 Å². The Balaban J connectivity index is 1.62. The second-order valence-corrected chi connectivity index (χ2v) is 6.02. The smallest absolute Gasteiger partial charge is 0.0684 e. The summed E-state index contributed by atoms with van der Waals surface area (Å²) >= 11 is 0. The lowest BCUT2D eigenvalue weighted by atomic mass is 9.66. The second kappa shape index (κ2) is 1.50. The lowest BCUT2D eigenvalue weighted by molar-refractivity contribution is 0.100. The van der Waals surface area contributed by atoms with Gasteiger partial charge in [-0.3, -0.25) is 0 Å². The fraction of sp³-hybridized carbons (Fsp3) is 1.00. The summed E-state index contributed by atoms with van der Waals surface area (Å²) in [4.78, 5) is 0. The van der Waals surface area contributed by atoms with Gasteiger partial charge in [-0.2, -0.15) is 0 Å². The molecule has 2 spiro atoms. The Labute approximate surface area is 78.8 Å². The maximum Gasteiger partial charge on any atom is 0.0684 e. The zero-order valence-electron chi connectivity index (χ0n) is 7.96. The van der Waals surface area contributed by atoms with Gasteiger partial charge in [-0.05, 0) is 12.8 Å². The average molecular weight is 176 g/mol. The maximum atomic E-state index is 6.09. The fourth-order valence-corrected chi connectivity index (χ4v) is 5.78. The highest BCUT2D eigenvalue weighted by atomic mass is 16.5. The molecule has 6 aliphatic rings. The van der Waals surface area contributed by atoms with Gasteiger partial charge in [0.15, 0.2) is 0 Å². The molecule has 6 fully saturated rings. The van der Waals surface area contributed by atoms with E-state index in [0.717, 1.165) is 34.9 Å². The molecule has 1 nitrogen and oxygen atoms in total. The fourth-order valence-electron chi connectivity index (χ4n) is 5.78. The molecule has 4 saturated carbocycles. The Morgan fingerprint density at radius 1 is 0.769 bits per heavy atom. The molecule has 1 heteroatoms. The second-order valence-electron chi connectivity index (χ2n) is 6.02. The van der Waals surface area contributed by atoms with Crippen molar-refractivity contribution in [1.29, 1.82) is 0 Å². The van der Waals surface area contributed by atoms with Crippen molar-refractivity contribution in [3.8, 4) is 0 Å². The van der Waals surface area contributed by atoms with E-state index < -0.39 is 0 Å². The summed E-state index contributed by atoms with van der Waals surface area (Å²) in [5, 5.41) is 0. The Kier molecular flexibility index (Phi) is 0.743. The average Bonchev–Trinajstić information content (AvgIpc) is 2.76. The largest absolute Gasteiger partial charge is 0.373 e. The molecule has 13 heavy (non-hydrogen) atoms. The van der Waals surface area contributed by atoms with Crippen LogP contribution in [0.15, 0.2) is 0 Å². The highest BCUT2D eigenvalue weighted by molar-refractivity contribution is 5.51. The van der Waals surface area contributed by atoms with Crippen molar-refractivity contribution >= 4 is 0 Å². The van der Waals surface area contributed by atoms with Gasteiger partial charge in [0.2, 0.25) is 0 Å². The SMILES string of the molecule is C1CCCC23C4OC5C(C42)C53CC1. The number of ether oxygens (including phenoxy) is 1. The molecule has 6 unspecified atom stereocenters. The van der Waals surface area contributed by atoms with Crippen LogP contribution in [-0.4, -0.2) is 12.2 Å². The molecule has 0 amide bonds. The van der Waals surface area contributed by atoms with Crippen LogP contribution in [0, 0.1) is 22.7 Å². The lowest BCUT2D eigenvalue weighted by Crippen LogP contribution is -2.32. The van der Waals surface area contributed by atoms with Gasteiger partial charge < -0.3 is 4.74 Å². The van der Waals surface area contributed by atoms with Crippen molar-refractivity contribution in [3.05, 3.63) is 0 Å². The predicted molar refractivity (Wildman–Crippen MR) is 48.2 cm³/mol. The van der Waals surface area contributed by atoms with E-state index in [2.05, 4.69) is 0 Å². The summed E-state index contributed by atoms with van der Waals surface area (Å²) in [6.07, 6.45) is 10.6. The minimum Gasteiger partial charge on any atom is -0.373 e. The maximum absolute atomic E-state index is 6.09. The van der Waals surface area contributed by atoms with Crippen molar-refractivity contribution < 1.29 is 4.74 Å². The van der Waals surface area contributed by atoms with Crippen LogP contribution in [0.5, 0.6) is 0 Å². The number of hydrogen-bond donors (Lipinski definition) is 0. The summed E-state index contributed by atoms with van der Waals surface area (Å²) in [7, 11) is 0. The van der Waals surface area contributed by atoms with Crippen LogP contribution in [0.4, 0.5) is 0 Å². The Morgan fingerprint density at radius 3 is 1.77 bits per heavy atom. The molecule has 2 bridgehead atoms. The van der Waals surface area contributed by atoms with Gasteiger partial charge in [-0.15, -0.1) is 0 Å². The van der Waals surface area contributed by atoms with Gasteiger partial charge >= 0.3 is 0 Å². The lowest BCUT2D eigenvalue weighted by Gasteiger charge is -2.36. The molecule has 6 rings (SSSR count). The Morgan fingerprint density at radius 2 is 1.31 bits per heavy atom. The molecule has 0 radical (unpaired) electrons. The van der Waals surface area contributed by atoms with Gasteiger partial charge in [0.25, 0.3) is 0 Å². The van der Waals surface area contributed by atoms with E-state index in [-0.39, 0.29) is 0 Å². The minimum absolute atomic E-state index is 0.764. The van der Waals surface area contributed by atoms with E-state index in [1.165, 1.54) is 38.5 Å². The number of rotatable bonds is 0. The highest BCUT2D eigenvalue weighted by Gasteiger charge is 3.05. The molecule has 70 valence electrons. The van der Waals surface area contributed by atoms with Crippen molar-refractivity contribution in [2.45, 2.75) is 50.7 Å². The number of hydrogen-bond acceptors (Lipinski definition) is 1. The van der Waals surface area contributed by atoms with Crippen molar-refractivity contribution in [3.63, 3.8) is 0 Å². The Hall–Kier alpha value is -0.0400. The first-order valence-corrected chi connectivity index (χ1v) is 6.08. The summed E-state index contributed by atoms with van der Waals surface area (Å²) in [6, 6.07) is 0. The van der Waals surface area contributed by atoms with Crippen molar-refractivity contribution in [2.24, 2.45) is 22.7 Å². The zero-order chi connectivity index (χ0) is 8.26. The van der Waals surface area contributed by atoms with E-state index in [4.69, 9.17) is 4.74 Å². The predicted octanol–water partition coefficient (Wildman–Crippen LogP) is 2.35. The summed E-state index contributed by atoms with van der Waals surface area (Å²) < 4.78 is 6.09. The van der Waals surface area contributed by atoms with E-state index in [1.807, 2.05) is 0 Å². The van der Waals surface area contributed by atoms with Crippen LogP contribution in [0.2, 0.25) is 0 Å². The van der Waals surface area contributed by atoms with E-state index >= 15 is 0 Å². The molecule has 0 aromatic heterocycles. The third-order valence-electron chi connectivity index (χ3n) is 6.12. The summed E-state index contributed by atoms with van der Waals surface area (Å²) in [5.74, 6) is 2.13. The molecule has 0 N–H and O–H groups in total. The van der Waals surface area contributed by atoms with Crippen LogP contribution in [-0.2, 0) is 4.74 Å². The molecule has 0 aromatic carbocycles. The van der Waals surface area contributed by atoms with Crippen LogP contribution in [0.1, 0.15) is 38.5 Å². The van der Waals surface area contributed by atoms with Crippen LogP contribution in [0.25, 0.3) is 0 Å². The quantitative estimate of drug-likeness (QED) is 0.550. The van der Waals surface area contributed by atoms with Gasteiger partial charge in [0.1, 0.15) is 0 Å². The van der Waals surface area contributed by atoms with Gasteiger partial charge in [0.05, 0.1) is 12.2 Å². The molecule has 0 aromatic rings. The minimum atomic E-state index is 0.764. The first-order chi connectivity index (χ1) is 6.43. The first-order valence-electron chi connectivity index (χ1n) is 6.08. The van der Waals surface area contributed by atoms with E-state index in [0.29, 0.717) is 0 Å². The summed E-state index contributed by atoms with van der Waals surface area (Å²) in [6.45, 7) is 0. The molecule has 6 atom stereocenters. The molecular formula is C12H16O. The first kappa shape index (κ1) is 6.44. The summed E-state index contributed by atoms with van der Waals surface area (Å²) in [5.41, 5.74) is 1.56. The van der Waals surface area contributed by atoms with Crippen LogP contribution in [0.3, 0.4) is 0 Å². The van der Waals surface area contributed by atoms with Gasteiger partial charge in [0, 0.05) is 22.7 Å². The highest BCUT2D eigenvalue weighted by Crippen LogP contribution is 3.01. The third-order valence-corrected chi connectivity index (χ3v) is 6.12. The van der Waals surface area contributed by atoms with E-state index in [9.17, 15) is 0 Å². The standard InChI is InChI=1S/C12H16O/c1-2-4-6-12-8-7-9(13-10(8)12)11(7,12)5-3-1/h7-10H,1-6H2.